The van der Waals surface area contributed by atoms with Crippen molar-refractivity contribution in [3.05, 3.63) is 50.4 Å². The van der Waals surface area contributed by atoms with Crippen molar-refractivity contribution in [2.75, 3.05) is 5.32 Å². The highest BCUT2D eigenvalue weighted by molar-refractivity contribution is 14.1. The average molecular weight is 393 g/mol. The second-order valence-electron chi connectivity index (χ2n) is 3.60. The number of carbonyl (C=O) groups is 1. The van der Waals surface area contributed by atoms with Crippen LogP contribution in [0.3, 0.4) is 0 Å². The van der Waals surface area contributed by atoms with Gasteiger partial charge in [0.25, 0.3) is 0 Å². The van der Waals surface area contributed by atoms with Gasteiger partial charge in [0.15, 0.2) is 0 Å². The highest BCUT2D eigenvalue weighted by Gasteiger charge is 2.11. The van der Waals surface area contributed by atoms with Crippen LogP contribution < -0.4 is 5.32 Å². The number of benzene rings is 1. The summed E-state index contributed by atoms with van der Waals surface area (Å²) in [5.41, 5.74) is 0.587. The summed E-state index contributed by atoms with van der Waals surface area (Å²) in [5.74, 6) is -1.15. The van der Waals surface area contributed by atoms with Gasteiger partial charge in [-0.05, 0) is 46.9 Å². The number of carboxylic acid groups (broad SMARTS) is 1. The van der Waals surface area contributed by atoms with Crippen molar-refractivity contribution in [1.82, 2.24) is 4.98 Å². The molecule has 0 atom stereocenters. The van der Waals surface area contributed by atoms with E-state index in [1.807, 2.05) is 22.6 Å². The van der Waals surface area contributed by atoms with Crippen LogP contribution in [0.2, 0.25) is 5.02 Å². The predicted octanol–water partition coefficient (Wildman–Crippen LogP) is 3.92. The van der Waals surface area contributed by atoms with Crippen molar-refractivity contribution < 1.29 is 14.3 Å². The predicted molar refractivity (Wildman–Crippen MR) is 78.6 cm³/mol. The van der Waals surface area contributed by atoms with E-state index in [0.717, 1.165) is 0 Å². The highest BCUT2D eigenvalue weighted by Crippen LogP contribution is 2.24. The van der Waals surface area contributed by atoms with Gasteiger partial charge in [-0.2, -0.15) is 0 Å². The fraction of sp³-hybridized carbons (Fsp3) is 0. The Balaban J connectivity index is 2.33. The molecule has 0 spiro atoms. The molecule has 0 amide bonds. The van der Waals surface area contributed by atoms with Crippen LogP contribution in [0.15, 0.2) is 30.5 Å². The Morgan fingerprint density at radius 1 is 1.42 bits per heavy atom. The van der Waals surface area contributed by atoms with Crippen molar-refractivity contribution in [3.63, 3.8) is 0 Å². The molecule has 2 aromatic rings. The maximum absolute atomic E-state index is 13.0. The van der Waals surface area contributed by atoms with Crippen molar-refractivity contribution in [3.8, 4) is 0 Å². The number of aromatic nitrogens is 1. The normalized spacial score (nSPS) is 10.3. The maximum atomic E-state index is 13.0. The third kappa shape index (κ3) is 3.32. The Kier molecular flexibility index (Phi) is 4.20. The number of aromatic carboxylic acids is 1. The minimum atomic E-state index is -1.13. The molecule has 4 nitrogen and oxygen atoms in total. The van der Waals surface area contributed by atoms with Crippen LogP contribution in [0.1, 0.15) is 10.4 Å². The van der Waals surface area contributed by atoms with Gasteiger partial charge in [-0.1, -0.05) is 11.6 Å². The number of anilines is 2. The molecule has 0 aliphatic heterocycles. The first-order valence-corrected chi connectivity index (χ1v) is 6.54. The molecule has 0 aliphatic carbocycles. The second-order valence-corrected chi connectivity index (χ2v) is 5.17. The number of hydrogen-bond donors (Lipinski definition) is 2. The first-order valence-electron chi connectivity index (χ1n) is 5.08. The third-order valence-electron chi connectivity index (χ3n) is 2.28. The fourth-order valence-electron chi connectivity index (χ4n) is 1.40. The number of rotatable bonds is 3. The van der Waals surface area contributed by atoms with E-state index in [-0.39, 0.29) is 16.4 Å². The molecule has 1 heterocycles. The van der Waals surface area contributed by atoms with E-state index in [1.54, 1.807) is 6.07 Å². The van der Waals surface area contributed by atoms with Gasteiger partial charge < -0.3 is 10.4 Å². The third-order valence-corrected chi connectivity index (χ3v) is 3.47. The first-order chi connectivity index (χ1) is 8.97. The summed E-state index contributed by atoms with van der Waals surface area (Å²) in [5, 5.41) is 11.9. The molecule has 0 unspecified atom stereocenters. The Hall–Kier alpha value is -1.41. The van der Waals surface area contributed by atoms with Gasteiger partial charge in [0.05, 0.1) is 16.3 Å². The summed E-state index contributed by atoms with van der Waals surface area (Å²) >= 11 is 7.69. The van der Waals surface area contributed by atoms with E-state index in [9.17, 15) is 9.18 Å². The molecule has 19 heavy (non-hydrogen) atoms. The quantitative estimate of drug-likeness (QED) is 0.777. The fourth-order valence-corrected chi connectivity index (χ4v) is 2.20. The standard InChI is InChI=1S/C12H7ClFIN2O2/c13-8-5-16-11(4-7(8)12(18)19)17-10-2-1-6(14)3-9(10)15/h1-5H,(H,16,17)(H,18,19). The van der Waals surface area contributed by atoms with Gasteiger partial charge in [-0.15, -0.1) is 0 Å². The smallest absolute Gasteiger partial charge is 0.337 e. The minimum Gasteiger partial charge on any atom is -0.478 e. The van der Waals surface area contributed by atoms with Crippen LogP contribution in [0, 0.1) is 9.39 Å². The van der Waals surface area contributed by atoms with Gasteiger partial charge in [-0.25, -0.2) is 14.2 Å². The largest absolute Gasteiger partial charge is 0.478 e. The van der Waals surface area contributed by atoms with E-state index in [4.69, 9.17) is 16.7 Å². The lowest BCUT2D eigenvalue weighted by atomic mass is 10.2. The van der Waals surface area contributed by atoms with Crippen LogP contribution >= 0.6 is 34.2 Å². The topological polar surface area (TPSA) is 62.2 Å². The van der Waals surface area contributed by atoms with Gasteiger partial charge in [0.1, 0.15) is 11.6 Å². The summed E-state index contributed by atoms with van der Waals surface area (Å²) in [6.07, 6.45) is 1.25. The number of halogens is 3. The van der Waals surface area contributed by atoms with Gasteiger partial charge >= 0.3 is 5.97 Å². The summed E-state index contributed by atoms with van der Waals surface area (Å²) < 4.78 is 13.6. The molecule has 0 radical (unpaired) electrons. The molecular formula is C12H7ClFIN2O2. The van der Waals surface area contributed by atoms with Crippen LogP contribution in [-0.4, -0.2) is 16.1 Å². The van der Waals surface area contributed by atoms with E-state index >= 15 is 0 Å². The number of hydrogen-bond acceptors (Lipinski definition) is 3. The Bertz CT molecular complexity index is 652. The molecule has 7 heteroatoms. The lowest BCUT2D eigenvalue weighted by molar-refractivity contribution is 0.0697. The number of carboxylic acids is 1. The van der Waals surface area contributed by atoms with Crippen molar-refractivity contribution in [2.24, 2.45) is 0 Å². The monoisotopic (exact) mass is 392 g/mol. The summed E-state index contributed by atoms with van der Waals surface area (Å²) in [7, 11) is 0. The Labute approximate surface area is 126 Å². The average Bonchev–Trinajstić information content (AvgIpc) is 2.34. The molecule has 1 aromatic heterocycles. The van der Waals surface area contributed by atoms with Gasteiger partial charge in [0, 0.05) is 9.77 Å². The van der Waals surface area contributed by atoms with Gasteiger partial charge in [0.2, 0.25) is 0 Å². The molecule has 0 fully saturated rings. The van der Waals surface area contributed by atoms with E-state index in [2.05, 4.69) is 10.3 Å². The van der Waals surface area contributed by atoms with Crippen LogP contribution in [0.4, 0.5) is 15.9 Å². The number of pyridine rings is 1. The van der Waals surface area contributed by atoms with Crippen LogP contribution in [-0.2, 0) is 0 Å². The molecule has 1 aromatic carbocycles. The lowest BCUT2D eigenvalue weighted by Gasteiger charge is -2.09. The molecule has 0 saturated heterocycles. The molecule has 0 saturated carbocycles. The van der Waals surface area contributed by atoms with Crippen LogP contribution in [0.25, 0.3) is 0 Å². The first kappa shape index (κ1) is 14.0. The van der Waals surface area contributed by atoms with Gasteiger partial charge in [-0.3, -0.25) is 0 Å². The van der Waals surface area contributed by atoms with Crippen molar-refractivity contribution in [2.45, 2.75) is 0 Å². The van der Waals surface area contributed by atoms with E-state index < -0.39 is 5.97 Å². The molecule has 98 valence electrons. The summed E-state index contributed by atoms with van der Waals surface area (Å²) in [4.78, 5) is 14.9. The zero-order valence-electron chi connectivity index (χ0n) is 9.32. The second kappa shape index (κ2) is 5.70. The Morgan fingerprint density at radius 3 is 2.79 bits per heavy atom. The molecular weight excluding hydrogens is 385 g/mol. The summed E-state index contributed by atoms with van der Waals surface area (Å²) in [6, 6.07) is 5.54. The summed E-state index contributed by atoms with van der Waals surface area (Å²) in [6.45, 7) is 0. The molecule has 0 bridgehead atoms. The van der Waals surface area contributed by atoms with Crippen molar-refractivity contribution in [1.29, 1.82) is 0 Å². The lowest BCUT2D eigenvalue weighted by Crippen LogP contribution is -2.02. The minimum absolute atomic E-state index is 0.0451. The Morgan fingerprint density at radius 2 is 2.16 bits per heavy atom. The molecule has 2 N–H and O–H groups in total. The molecule has 2 rings (SSSR count). The zero-order chi connectivity index (χ0) is 14.0. The SMILES string of the molecule is O=C(O)c1cc(Nc2ccc(F)cc2I)ncc1Cl. The van der Waals surface area contributed by atoms with Crippen LogP contribution in [0.5, 0.6) is 0 Å². The number of nitrogens with one attached hydrogen (secondary N) is 1. The van der Waals surface area contributed by atoms with E-state index in [0.29, 0.717) is 15.1 Å². The number of nitrogens with zero attached hydrogens (tertiary/aromatic N) is 1. The maximum Gasteiger partial charge on any atom is 0.337 e. The zero-order valence-corrected chi connectivity index (χ0v) is 12.2. The van der Waals surface area contributed by atoms with E-state index in [1.165, 1.54) is 24.4 Å². The van der Waals surface area contributed by atoms with Crippen molar-refractivity contribution >= 4 is 51.7 Å². The molecule has 0 aliphatic rings. The highest BCUT2D eigenvalue weighted by atomic mass is 127.